The molecule has 3 N–H and O–H groups in total. The van der Waals surface area contributed by atoms with Gasteiger partial charge in [-0.15, -0.1) is 0 Å². The quantitative estimate of drug-likeness (QED) is 0.451. The van der Waals surface area contributed by atoms with Crippen LogP contribution in [0.3, 0.4) is 0 Å². The van der Waals surface area contributed by atoms with Gasteiger partial charge in [0.1, 0.15) is 5.75 Å². The number of hydrogen-bond donors (Lipinski definition) is 3. The number of nitrogens with zero attached hydrogens (tertiary/aromatic N) is 1. The highest BCUT2D eigenvalue weighted by molar-refractivity contribution is 6.39. The third kappa shape index (κ3) is 4.98. The number of aromatic hydroxyl groups is 1. The van der Waals surface area contributed by atoms with E-state index in [2.05, 4.69) is 10.4 Å². The Morgan fingerprint density at radius 3 is 2.35 bits per heavy atom. The minimum absolute atomic E-state index is 0.0574. The summed E-state index contributed by atoms with van der Waals surface area (Å²) in [6.07, 6.45) is 1.18. The lowest BCUT2D eigenvalue weighted by Crippen LogP contribution is -2.32. The van der Waals surface area contributed by atoms with Crippen LogP contribution in [-0.2, 0) is 9.59 Å². The van der Waals surface area contributed by atoms with E-state index in [9.17, 15) is 14.7 Å². The number of benzene rings is 2. The molecule has 0 fully saturated rings. The second-order valence-electron chi connectivity index (χ2n) is 4.36. The third-order valence-electron chi connectivity index (χ3n) is 2.67. The van der Waals surface area contributed by atoms with E-state index in [0.29, 0.717) is 21.3 Å². The molecule has 0 aromatic heterocycles. The van der Waals surface area contributed by atoms with Crippen LogP contribution in [0.1, 0.15) is 5.56 Å². The van der Waals surface area contributed by atoms with E-state index in [1.165, 1.54) is 24.4 Å². The molecule has 0 heterocycles. The average molecular weight is 352 g/mol. The number of anilines is 1. The maximum Gasteiger partial charge on any atom is 0.329 e. The Kier molecular flexibility index (Phi) is 5.56. The minimum Gasteiger partial charge on any atom is -0.507 e. The van der Waals surface area contributed by atoms with Gasteiger partial charge in [-0.05, 0) is 42.5 Å². The number of hydrogen-bond acceptors (Lipinski definition) is 4. The van der Waals surface area contributed by atoms with Crippen molar-refractivity contribution in [2.45, 2.75) is 0 Å². The standard InChI is InChI=1S/C15H11Cl2N3O3/c16-10-1-4-12(5-2-10)19-14(22)15(23)20-18-8-9-7-11(17)3-6-13(9)21/h1-8,21H,(H,19,22)(H,20,23)/b18-8-. The molecule has 2 amide bonds. The molecule has 0 saturated heterocycles. The lowest BCUT2D eigenvalue weighted by Gasteiger charge is -2.04. The highest BCUT2D eigenvalue weighted by Crippen LogP contribution is 2.19. The zero-order valence-corrected chi connectivity index (χ0v) is 13.1. The van der Waals surface area contributed by atoms with Crippen LogP contribution in [0.2, 0.25) is 10.0 Å². The first-order valence-corrected chi connectivity index (χ1v) is 7.10. The summed E-state index contributed by atoms with van der Waals surface area (Å²) in [5.74, 6) is -1.91. The second kappa shape index (κ2) is 7.62. The molecule has 2 aromatic rings. The molecule has 0 saturated carbocycles. The van der Waals surface area contributed by atoms with E-state index in [0.717, 1.165) is 0 Å². The summed E-state index contributed by atoms with van der Waals surface area (Å²) in [5, 5.41) is 16.5. The fourth-order valence-corrected chi connectivity index (χ4v) is 1.87. The van der Waals surface area contributed by atoms with Gasteiger partial charge >= 0.3 is 11.8 Å². The van der Waals surface area contributed by atoms with E-state index in [1.807, 2.05) is 5.43 Å². The summed E-state index contributed by atoms with van der Waals surface area (Å²) >= 11 is 11.5. The van der Waals surface area contributed by atoms with E-state index in [4.69, 9.17) is 23.2 Å². The minimum atomic E-state index is -0.960. The van der Waals surface area contributed by atoms with Gasteiger partial charge in [-0.3, -0.25) is 9.59 Å². The Hall–Kier alpha value is -2.57. The van der Waals surface area contributed by atoms with Gasteiger partial charge in [0, 0.05) is 21.3 Å². The topological polar surface area (TPSA) is 90.8 Å². The van der Waals surface area contributed by atoms with Gasteiger partial charge in [0.2, 0.25) is 0 Å². The fourth-order valence-electron chi connectivity index (χ4n) is 1.56. The van der Waals surface area contributed by atoms with Crippen molar-refractivity contribution in [1.82, 2.24) is 5.43 Å². The molecule has 0 aliphatic heterocycles. The highest BCUT2D eigenvalue weighted by atomic mass is 35.5. The number of hydrazone groups is 1. The van der Waals surface area contributed by atoms with Gasteiger partial charge in [0.25, 0.3) is 0 Å². The average Bonchev–Trinajstić information content (AvgIpc) is 2.52. The van der Waals surface area contributed by atoms with Gasteiger partial charge in [-0.1, -0.05) is 23.2 Å². The van der Waals surface area contributed by atoms with Crippen LogP contribution in [0.4, 0.5) is 5.69 Å². The monoisotopic (exact) mass is 351 g/mol. The summed E-state index contributed by atoms with van der Waals surface area (Å²) in [5.41, 5.74) is 2.77. The molecule has 0 radical (unpaired) electrons. The fraction of sp³-hybridized carbons (Fsp3) is 0. The first-order chi connectivity index (χ1) is 11.0. The highest BCUT2D eigenvalue weighted by Gasteiger charge is 2.12. The summed E-state index contributed by atoms with van der Waals surface area (Å²) < 4.78 is 0. The van der Waals surface area contributed by atoms with E-state index in [-0.39, 0.29) is 5.75 Å². The third-order valence-corrected chi connectivity index (χ3v) is 3.15. The summed E-state index contributed by atoms with van der Waals surface area (Å²) in [6.45, 7) is 0. The summed E-state index contributed by atoms with van der Waals surface area (Å²) in [6, 6.07) is 10.6. The zero-order valence-electron chi connectivity index (χ0n) is 11.6. The molecule has 0 bridgehead atoms. The Morgan fingerprint density at radius 1 is 1.00 bits per heavy atom. The molecule has 0 spiro atoms. The molecule has 0 unspecified atom stereocenters. The molecule has 0 aliphatic carbocycles. The lowest BCUT2D eigenvalue weighted by molar-refractivity contribution is -0.136. The van der Waals surface area contributed by atoms with Crippen molar-refractivity contribution in [1.29, 1.82) is 0 Å². The first kappa shape index (κ1) is 16.8. The number of phenols is 1. The Balaban J connectivity index is 1.93. The number of rotatable bonds is 3. The van der Waals surface area contributed by atoms with Gasteiger partial charge in [0.15, 0.2) is 0 Å². The van der Waals surface area contributed by atoms with E-state index >= 15 is 0 Å². The predicted octanol–water partition coefficient (Wildman–Crippen LogP) is 2.79. The number of nitrogens with one attached hydrogen (secondary N) is 2. The number of carbonyl (C=O) groups is 2. The van der Waals surface area contributed by atoms with Crippen molar-refractivity contribution < 1.29 is 14.7 Å². The van der Waals surface area contributed by atoms with Crippen molar-refractivity contribution in [3.05, 3.63) is 58.1 Å². The maximum absolute atomic E-state index is 11.7. The molecule has 2 rings (SSSR count). The molecular weight excluding hydrogens is 341 g/mol. The molecule has 0 aliphatic rings. The second-order valence-corrected chi connectivity index (χ2v) is 5.24. The molecule has 8 heteroatoms. The molecule has 6 nitrogen and oxygen atoms in total. The van der Waals surface area contributed by atoms with Gasteiger partial charge < -0.3 is 10.4 Å². The number of carbonyl (C=O) groups excluding carboxylic acids is 2. The van der Waals surface area contributed by atoms with Crippen LogP contribution in [0.15, 0.2) is 47.6 Å². The van der Waals surface area contributed by atoms with Crippen LogP contribution < -0.4 is 10.7 Å². The molecule has 2 aromatic carbocycles. The molecular formula is C15H11Cl2N3O3. The van der Waals surface area contributed by atoms with Crippen LogP contribution in [-0.4, -0.2) is 23.1 Å². The van der Waals surface area contributed by atoms with Crippen LogP contribution >= 0.6 is 23.2 Å². The lowest BCUT2D eigenvalue weighted by atomic mass is 10.2. The first-order valence-electron chi connectivity index (χ1n) is 6.34. The largest absolute Gasteiger partial charge is 0.507 e. The zero-order chi connectivity index (χ0) is 16.8. The van der Waals surface area contributed by atoms with Crippen molar-refractivity contribution in [2.75, 3.05) is 5.32 Å². The molecule has 23 heavy (non-hydrogen) atoms. The SMILES string of the molecule is O=C(N/N=C\c1cc(Cl)ccc1O)C(=O)Nc1ccc(Cl)cc1. The van der Waals surface area contributed by atoms with Crippen molar-refractivity contribution in [3.63, 3.8) is 0 Å². The van der Waals surface area contributed by atoms with Gasteiger partial charge in [-0.25, -0.2) is 5.43 Å². The van der Waals surface area contributed by atoms with Crippen molar-refractivity contribution in [2.24, 2.45) is 5.10 Å². The normalized spacial score (nSPS) is 10.5. The van der Waals surface area contributed by atoms with Gasteiger partial charge in [0.05, 0.1) is 6.21 Å². The number of halogens is 2. The van der Waals surface area contributed by atoms with Gasteiger partial charge in [-0.2, -0.15) is 5.10 Å². The van der Waals surface area contributed by atoms with E-state index in [1.54, 1.807) is 24.3 Å². The summed E-state index contributed by atoms with van der Waals surface area (Å²) in [7, 11) is 0. The summed E-state index contributed by atoms with van der Waals surface area (Å²) in [4.78, 5) is 23.3. The van der Waals surface area contributed by atoms with Crippen LogP contribution in [0, 0.1) is 0 Å². The Bertz CT molecular complexity index is 761. The maximum atomic E-state index is 11.7. The molecule has 118 valence electrons. The van der Waals surface area contributed by atoms with E-state index < -0.39 is 11.8 Å². The number of phenolic OH excluding ortho intramolecular Hbond substituents is 1. The number of amides is 2. The predicted molar refractivity (Wildman–Crippen MR) is 88.9 cm³/mol. The van der Waals surface area contributed by atoms with Crippen LogP contribution in [0.25, 0.3) is 0 Å². The Morgan fingerprint density at radius 2 is 1.65 bits per heavy atom. The smallest absolute Gasteiger partial charge is 0.329 e. The van der Waals surface area contributed by atoms with Crippen LogP contribution in [0.5, 0.6) is 5.75 Å². The van der Waals surface area contributed by atoms with Crippen molar-refractivity contribution >= 4 is 46.9 Å². The molecule has 0 atom stereocenters. The van der Waals surface area contributed by atoms with Crippen molar-refractivity contribution in [3.8, 4) is 5.75 Å². The Labute approximate surface area is 141 Å².